The number of Topliss-reactive ketones (excluding diaryl/α,β-unsaturated/α-hetero) is 1. The van der Waals surface area contributed by atoms with Crippen LogP contribution in [0.3, 0.4) is 0 Å². The van der Waals surface area contributed by atoms with E-state index in [4.69, 9.17) is 9.47 Å². The molecule has 1 amide bonds. The van der Waals surface area contributed by atoms with Crippen LogP contribution in [0, 0.1) is 0 Å². The van der Waals surface area contributed by atoms with Crippen LogP contribution in [0.2, 0.25) is 0 Å². The van der Waals surface area contributed by atoms with Crippen LogP contribution in [0.25, 0.3) is 0 Å². The molecule has 98 valence electrons. The van der Waals surface area contributed by atoms with Crippen LogP contribution in [0.1, 0.15) is 23.7 Å². The van der Waals surface area contributed by atoms with Crippen LogP contribution in [0.15, 0.2) is 18.2 Å². The van der Waals surface area contributed by atoms with E-state index in [0.29, 0.717) is 30.0 Å². The van der Waals surface area contributed by atoms with Gasteiger partial charge in [0.1, 0.15) is 22.8 Å². The first-order valence-corrected chi connectivity index (χ1v) is 5.58. The van der Waals surface area contributed by atoms with Crippen molar-refractivity contribution in [2.45, 2.75) is 13.3 Å². The van der Waals surface area contributed by atoms with Gasteiger partial charge in [-0.05, 0) is 19.1 Å². The highest BCUT2D eigenvalue weighted by molar-refractivity contribution is 5.99. The SMILES string of the molecule is COc1cccc(OC)c1C(=O)NCCC(C)=O. The standard InChI is InChI=1S/C13H17NO4/c1-9(15)7-8-14-13(16)12-10(17-2)5-4-6-11(12)18-3/h4-6H,7-8H2,1-3H3,(H,14,16). The van der Waals surface area contributed by atoms with Gasteiger partial charge in [0, 0.05) is 13.0 Å². The molecule has 0 aliphatic heterocycles. The summed E-state index contributed by atoms with van der Waals surface area (Å²) in [6.07, 6.45) is 0.309. The van der Waals surface area contributed by atoms with Crippen LogP contribution < -0.4 is 14.8 Å². The van der Waals surface area contributed by atoms with Crippen LogP contribution in [-0.4, -0.2) is 32.5 Å². The van der Waals surface area contributed by atoms with E-state index in [2.05, 4.69) is 5.32 Å². The maximum Gasteiger partial charge on any atom is 0.258 e. The third-order valence-electron chi connectivity index (χ3n) is 2.42. The topological polar surface area (TPSA) is 64.6 Å². The number of carbonyl (C=O) groups excluding carboxylic acids is 2. The third-order valence-corrected chi connectivity index (χ3v) is 2.42. The van der Waals surface area contributed by atoms with Crippen LogP contribution >= 0.6 is 0 Å². The molecule has 0 saturated carbocycles. The molecule has 5 heteroatoms. The summed E-state index contributed by atoms with van der Waals surface area (Å²) in [5.74, 6) is 0.595. The summed E-state index contributed by atoms with van der Waals surface area (Å²) >= 11 is 0. The lowest BCUT2D eigenvalue weighted by Gasteiger charge is -2.12. The molecular formula is C13H17NO4. The Morgan fingerprint density at radius 1 is 1.17 bits per heavy atom. The summed E-state index contributed by atoms with van der Waals surface area (Å²) in [6, 6.07) is 5.11. The van der Waals surface area contributed by atoms with Gasteiger partial charge in [-0.2, -0.15) is 0 Å². The minimum atomic E-state index is -0.314. The van der Waals surface area contributed by atoms with Crippen molar-refractivity contribution in [2.75, 3.05) is 20.8 Å². The fourth-order valence-electron chi connectivity index (χ4n) is 1.52. The Balaban J connectivity index is 2.86. The molecule has 18 heavy (non-hydrogen) atoms. The molecule has 1 aromatic carbocycles. The van der Waals surface area contributed by atoms with Gasteiger partial charge in [0.25, 0.3) is 5.91 Å². The quantitative estimate of drug-likeness (QED) is 0.830. The number of rotatable bonds is 6. The van der Waals surface area contributed by atoms with E-state index >= 15 is 0 Å². The average molecular weight is 251 g/mol. The smallest absolute Gasteiger partial charge is 0.258 e. The van der Waals surface area contributed by atoms with Crippen molar-refractivity contribution < 1.29 is 19.1 Å². The summed E-state index contributed by atoms with van der Waals surface area (Å²) < 4.78 is 10.3. The molecule has 1 N–H and O–H groups in total. The van der Waals surface area contributed by atoms with Crippen LogP contribution in [-0.2, 0) is 4.79 Å². The predicted molar refractivity (Wildman–Crippen MR) is 67.2 cm³/mol. The van der Waals surface area contributed by atoms with Crippen molar-refractivity contribution in [2.24, 2.45) is 0 Å². The predicted octanol–water partition coefficient (Wildman–Crippen LogP) is 1.41. The molecule has 0 heterocycles. The van der Waals surface area contributed by atoms with Gasteiger partial charge in [0.2, 0.25) is 0 Å². The Kier molecular flexibility index (Phi) is 5.17. The summed E-state index contributed by atoms with van der Waals surface area (Å²) in [5, 5.41) is 2.66. The number of benzene rings is 1. The second-order valence-corrected chi connectivity index (χ2v) is 3.75. The molecule has 0 fully saturated rings. The number of ketones is 1. The van der Waals surface area contributed by atoms with Crippen LogP contribution in [0.5, 0.6) is 11.5 Å². The van der Waals surface area contributed by atoms with Gasteiger partial charge in [-0.15, -0.1) is 0 Å². The fraction of sp³-hybridized carbons (Fsp3) is 0.385. The van der Waals surface area contributed by atoms with Crippen molar-refractivity contribution in [3.05, 3.63) is 23.8 Å². The second-order valence-electron chi connectivity index (χ2n) is 3.75. The van der Waals surface area contributed by atoms with Crippen molar-refractivity contribution >= 4 is 11.7 Å². The van der Waals surface area contributed by atoms with E-state index in [0.717, 1.165) is 0 Å². The minimum absolute atomic E-state index is 0.0299. The molecule has 1 rings (SSSR count). The number of methoxy groups -OCH3 is 2. The Labute approximate surface area is 106 Å². The van der Waals surface area contributed by atoms with Crippen molar-refractivity contribution in [3.8, 4) is 11.5 Å². The number of carbonyl (C=O) groups is 2. The van der Waals surface area contributed by atoms with Gasteiger partial charge >= 0.3 is 0 Å². The molecular weight excluding hydrogens is 234 g/mol. The molecule has 0 atom stereocenters. The lowest BCUT2D eigenvalue weighted by Crippen LogP contribution is -2.26. The second kappa shape index (κ2) is 6.64. The zero-order valence-electron chi connectivity index (χ0n) is 10.8. The minimum Gasteiger partial charge on any atom is -0.496 e. The lowest BCUT2D eigenvalue weighted by atomic mass is 10.1. The average Bonchev–Trinajstić information content (AvgIpc) is 2.36. The Hall–Kier alpha value is -2.04. The van der Waals surface area contributed by atoms with Crippen molar-refractivity contribution in [3.63, 3.8) is 0 Å². The Bertz CT molecular complexity index is 420. The van der Waals surface area contributed by atoms with Crippen LogP contribution in [0.4, 0.5) is 0 Å². The van der Waals surface area contributed by atoms with E-state index in [1.807, 2.05) is 0 Å². The van der Waals surface area contributed by atoms with Crippen molar-refractivity contribution in [1.82, 2.24) is 5.32 Å². The molecule has 0 spiro atoms. The maximum absolute atomic E-state index is 12.0. The third kappa shape index (κ3) is 3.48. The Morgan fingerprint density at radius 2 is 1.72 bits per heavy atom. The van der Waals surface area contributed by atoms with Gasteiger partial charge in [-0.25, -0.2) is 0 Å². The first kappa shape index (κ1) is 14.0. The van der Waals surface area contributed by atoms with Crippen molar-refractivity contribution in [1.29, 1.82) is 0 Å². The van der Waals surface area contributed by atoms with Gasteiger partial charge in [-0.3, -0.25) is 9.59 Å². The Morgan fingerprint density at radius 3 is 2.17 bits per heavy atom. The number of amides is 1. The zero-order chi connectivity index (χ0) is 13.5. The van der Waals surface area contributed by atoms with Gasteiger partial charge in [0.15, 0.2) is 0 Å². The van der Waals surface area contributed by atoms with E-state index < -0.39 is 0 Å². The molecule has 0 aromatic heterocycles. The molecule has 1 aromatic rings. The maximum atomic E-state index is 12.0. The molecule has 0 aliphatic carbocycles. The van der Waals surface area contributed by atoms with E-state index in [1.54, 1.807) is 18.2 Å². The van der Waals surface area contributed by atoms with Gasteiger partial charge < -0.3 is 14.8 Å². The first-order valence-electron chi connectivity index (χ1n) is 5.58. The number of nitrogens with one attached hydrogen (secondary N) is 1. The lowest BCUT2D eigenvalue weighted by molar-refractivity contribution is -0.116. The van der Waals surface area contributed by atoms with E-state index in [1.165, 1.54) is 21.1 Å². The zero-order valence-corrected chi connectivity index (χ0v) is 10.8. The molecule has 0 saturated heterocycles. The highest BCUT2D eigenvalue weighted by atomic mass is 16.5. The fourth-order valence-corrected chi connectivity index (χ4v) is 1.52. The molecule has 0 unspecified atom stereocenters. The molecule has 0 bridgehead atoms. The first-order chi connectivity index (χ1) is 8.60. The van der Waals surface area contributed by atoms with E-state index in [-0.39, 0.29) is 11.7 Å². The molecule has 0 radical (unpaired) electrons. The summed E-state index contributed by atoms with van der Waals surface area (Å²) in [6.45, 7) is 1.78. The number of hydrogen-bond acceptors (Lipinski definition) is 4. The highest BCUT2D eigenvalue weighted by Gasteiger charge is 2.17. The van der Waals surface area contributed by atoms with Gasteiger partial charge in [-0.1, -0.05) is 6.07 Å². The van der Waals surface area contributed by atoms with E-state index in [9.17, 15) is 9.59 Å². The monoisotopic (exact) mass is 251 g/mol. The molecule has 5 nitrogen and oxygen atoms in total. The van der Waals surface area contributed by atoms with Gasteiger partial charge in [0.05, 0.1) is 14.2 Å². The largest absolute Gasteiger partial charge is 0.496 e. The summed E-state index contributed by atoms with van der Waals surface area (Å²) in [5.41, 5.74) is 0.339. The normalized spacial score (nSPS) is 9.72. The number of ether oxygens (including phenoxy) is 2. The summed E-state index contributed by atoms with van der Waals surface area (Å²) in [4.78, 5) is 22.8. The summed E-state index contributed by atoms with van der Waals surface area (Å²) in [7, 11) is 2.97. The molecule has 0 aliphatic rings. The number of hydrogen-bond donors (Lipinski definition) is 1. The highest BCUT2D eigenvalue weighted by Crippen LogP contribution is 2.27.